The molecule has 0 bridgehead atoms. The molecule has 0 amide bonds. The van der Waals surface area contributed by atoms with E-state index in [1.165, 1.54) is 6.07 Å². The van der Waals surface area contributed by atoms with Gasteiger partial charge < -0.3 is 9.57 Å². The van der Waals surface area contributed by atoms with Crippen molar-refractivity contribution in [2.45, 2.75) is 25.3 Å². The van der Waals surface area contributed by atoms with Crippen molar-refractivity contribution >= 4 is 5.71 Å². The van der Waals surface area contributed by atoms with Gasteiger partial charge in [0.1, 0.15) is 19.0 Å². The zero-order valence-corrected chi connectivity index (χ0v) is 19.6. The number of rotatable bonds is 9. The molecule has 1 aliphatic rings. The van der Waals surface area contributed by atoms with E-state index in [0.717, 1.165) is 55.9 Å². The number of halogens is 3. The number of likely N-dealkylation sites (tertiary alicyclic amines) is 1. The number of hydrogen-bond acceptors (Lipinski definition) is 5. The van der Waals surface area contributed by atoms with Gasteiger partial charge >= 0.3 is 0 Å². The van der Waals surface area contributed by atoms with Crippen LogP contribution in [0, 0.1) is 11.6 Å². The van der Waals surface area contributed by atoms with E-state index in [1.54, 1.807) is 7.11 Å². The van der Waals surface area contributed by atoms with Gasteiger partial charge in [0, 0.05) is 35.3 Å². The highest BCUT2D eigenvalue weighted by molar-refractivity contribution is 6.12. The molecule has 35 heavy (non-hydrogen) atoms. The van der Waals surface area contributed by atoms with Gasteiger partial charge in [-0.3, -0.25) is 4.90 Å². The molecular formula is C27H28F3N3O2. The number of ether oxygens (including phenoxy) is 1. The van der Waals surface area contributed by atoms with Crippen LogP contribution < -0.4 is 4.74 Å². The summed E-state index contributed by atoms with van der Waals surface area (Å²) in [7, 11) is 1.63. The second-order valence-electron chi connectivity index (χ2n) is 8.44. The number of benzene rings is 2. The molecule has 1 aliphatic heterocycles. The van der Waals surface area contributed by atoms with Crippen LogP contribution in [-0.4, -0.2) is 49.1 Å². The van der Waals surface area contributed by atoms with Crippen LogP contribution in [0.5, 0.6) is 5.88 Å². The monoisotopic (exact) mass is 483 g/mol. The summed E-state index contributed by atoms with van der Waals surface area (Å²) in [5, 5.41) is 3.98. The number of pyridine rings is 1. The molecule has 3 aromatic rings. The highest BCUT2D eigenvalue weighted by Crippen LogP contribution is 2.28. The van der Waals surface area contributed by atoms with Crippen molar-refractivity contribution in [1.82, 2.24) is 9.88 Å². The number of nitrogens with zero attached hydrogens (tertiary/aromatic N) is 3. The molecule has 2 aromatic carbocycles. The summed E-state index contributed by atoms with van der Waals surface area (Å²) in [5.74, 6) is -0.863. The van der Waals surface area contributed by atoms with Gasteiger partial charge in [0.25, 0.3) is 0 Å². The lowest BCUT2D eigenvalue weighted by atomic mass is 9.92. The van der Waals surface area contributed by atoms with E-state index in [2.05, 4.69) is 21.1 Å². The number of piperidine rings is 1. The Morgan fingerprint density at radius 3 is 2.43 bits per heavy atom. The van der Waals surface area contributed by atoms with Crippen LogP contribution in [0.1, 0.15) is 41.1 Å². The van der Waals surface area contributed by atoms with E-state index in [4.69, 9.17) is 9.57 Å². The molecular weight excluding hydrogens is 455 g/mol. The van der Waals surface area contributed by atoms with Gasteiger partial charge in [0.15, 0.2) is 11.6 Å². The van der Waals surface area contributed by atoms with Crippen molar-refractivity contribution in [3.8, 4) is 5.88 Å². The molecule has 4 rings (SSSR count). The first-order valence-corrected chi connectivity index (χ1v) is 11.6. The van der Waals surface area contributed by atoms with Gasteiger partial charge in [-0.2, -0.15) is 0 Å². The SMILES string of the molecule is COc1cccc(C2CCN(Cc3ccc(C(=NOCCF)c4ccc(F)c(F)c4)cc3)CC2)n1. The summed E-state index contributed by atoms with van der Waals surface area (Å²) in [6.45, 7) is 1.81. The fraction of sp³-hybridized carbons (Fsp3) is 0.333. The molecule has 0 radical (unpaired) electrons. The number of hydrogen-bond donors (Lipinski definition) is 0. The standard InChI is InChI=1S/C27H28F3N3O2/c1-34-26-4-2-3-25(31-26)20-11-14-33(15-12-20)18-19-5-7-21(8-6-19)27(32-35-16-13-28)22-9-10-23(29)24(30)17-22/h2-10,17,20H,11-16,18H2,1H3. The van der Waals surface area contributed by atoms with Crippen LogP contribution in [0.25, 0.3) is 0 Å². The lowest BCUT2D eigenvalue weighted by Gasteiger charge is -2.31. The minimum absolute atomic E-state index is 0.216. The van der Waals surface area contributed by atoms with E-state index in [1.807, 2.05) is 36.4 Å². The Morgan fingerprint density at radius 2 is 1.74 bits per heavy atom. The Hall–Kier alpha value is -3.39. The fourth-order valence-electron chi connectivity index (χ4n) is 4.25. The van der Waals surface area contributed by atoms with Crippen LogP contribution >= 0.6 is 0 Å². The van der Waals surface area contributed by atoms with Crippen LogP contribution in [0.4, 0.5) is 13.2 Å². The van der Waals surface area contributed by atoms with Crippen LogP contribution in [0.2, 0.25) is 0 Å². The first kappa shape index (κ1) is 24.7. The van der Waals surface area contributed by atoms with Crippen molar-refractivity contribution < 1.29 is 22.7 Å². The third kappa shape index (κ3) is 6.39. The molecule has 0 saturated carbocycles. The molecule has 0 unspecified atom stereocenters. The topological polar surface area (TPSA) is 47.0 Å². The third-order valence-electron chi connectivity index (χ3n) is 6.11. The molecule has 0 spiro atoms. The first-order chi connectivity index (χ1) is 17.1. The van der Waals surface area contributed by atoms with Crippen molar-refractivity contribution in [1.29, 1.82) is 0 Å². The maximum Gasteiger partial charge on any atom is 0.213 e. The van der Waals surface area contributed by atoms with Crippen LogP contribution in [0.3, 0.4) is 0 Å². The van der Waals surface area contributed by atoms with E-state index < -0.39 is 18.3 Å². The lowest BCUT2D eigenvalue weighted by Crippen LogP contribution is -2.32. The molecule has 184 valence electrons. The van der Waals surface area contributed by atoms with Gasteiger partial charge in [0.2, 0.25) is 5.88 Å². The molecule has 1 fully saturated rings. The van der Waals surface area contributed by atoms with E-state index in [9.17, 15) is 13.2 Å². The average molecular weight is 484 g/mol. The van der Waals surface area contributed by atoms with Gasteiger partial charge in [-0.15, -0.1) is 0 Å². The molecule has 5 nitrogen and oxygen atoms in total. The average Bonchev–Trinajstić information content (AvgIpc) is 2.89. The minimum atomic E-state index is -0.982. The zero-order chi connectivity index (χ0) is 24.6. The summed E-state index contributed by atoms with van der Waals surface area (Å²) >= 11 is 0. The molecule has 0 aliphatic carbocycles. The van der Waals surface area contributed by atoms with Crippen LogP contribution in [-0.2, 0) is 11.4 Å². The van der Waals surface area contributed by atoms with Crippen molar-refractivity contribution in [3.05, 3.63) is 94.7 Å². The normalized spacial score (nSPS) is 15.3. The second kappa shape index (κ2) is 11.8. The molecule has 1 saturated heterocycles. The number of alkyl halides is 1. The summed E-state index contributed by atoms with van der Waals surface area (Å²) in [6, 6.07) is 17.1. The highest BCUT2D eigenvalue weighted by atomic mass is 19.2. The predicted octanol–water partition coefficient (Wildman–Crippen LogP) is 5.49. The third-order valence-corrected chi connectivity index (χ3v) is 6.11. The van der Waals surface area contributed by atoms with Gasteiger partial charge in [-0.25, -0.2) is 18.2 Å². The van der Waals surface area contributed by atoms with E-state index in [-0.39, 0.29) is 6.61 Å². The van der Waals surface area contributed by atoms with Crippen LogP contribution in [0.15, 0.2) is 65.8 Å². The summed E-state index contributed by atoms with van der Waals surface area (Å²) in [5.41, 5.74) is 3.54. The Morgan fingerprint density at radius 1 is 1.00 bits per heavy atom. The number of oxime groups is 1. The summed E-state index contributed by atoms with van der Waals surface area (Å²) in [4.78, 5) is 12.0. The summed E-state index contributed by atoms with van der Waals surface area (Å²) in [6.07, 6.45) is 2.05. The smallest absolute Gasteiger partial charge is 0.213 e. The molecule has 2 heterocycles. The lowest BCUT2D eigenvalue weighted by molar-refractivity contribution is 0.128. The highest BCUT2D eigenvalue weighted by Gasteiger charge is 2.22. The Kier molecular flexibility index (Phi) is 8.36. The Bertz CT molecular complexity index is 1150. The number of aromatic nitrogens is 1. The molecule has 8 heteroatoms. The Balaban J connectivity index is 1.41. The number of methoxy groups -OCH3 is 1. The minimum Gasteiger partial charge on any atom is -0.481 e. The predicted molar refractivity (Wildman–Crippen MR) is 128 cm³/mol. The maximum absolute atomic E-state index is 13.8. The second-order valence-corrected chi connectivity index (χ2v) is 8.44. The molecule has 0 atom stereocenters. The van der Waals surface area contributed by atoms with Gasteiger partial charge in [0.05, 0.1) is 7.11 Å². The maximum atomic E-state index is 13.8. The van der Waals surface area contributed by atoms with Crippen molar-refractivity contribution in [3.63, 3.8) is 0 Å². The molecule has 0 N–H and O–H groups in total. The van der Waals surface area contributed by atoms with Gasteiger partial charge in [-0.1, -0.05) is 35.5 Å². The quantitative estimate of drug-likeness (QED) is 0.230. The van der Waals surface area contributed by atoms with Crippen molar-refractivity contribution in [2.75, 3.05) is 33.5 Å². The van der Waals surface area contributed by atoms with E-state index >= 15 is 0 Å². The fourth-order valence-corrected chi connectivity index (χ4v) is 4.25. The van der Waals surface area contributed by atoms with E-state index in [0.29, 0.717) is 28.6 Å². The van der Waals surface area contributed by atoms with Crippen molar-refractivity contribution in [2.24, 2.45) is 5.16 Å². The summed E-state index contributed by atoms with van der Waals surface area (Å²) < 4.78 is 44.9. The first-order valence-electron chi connectivity index (χ1n) is 11.6. The Labute approximate surface area is 203 Å². The largest absolute Gasteiger partial charge is 0.481 e. The van der Waals surface area contributed by atoms with Gasteiger partial charge in [-0.05, 0) is 55.8 Å². The molecule has 1 aromatic heterocycles. The zero-order valence-electron chi connectivity index (χ0n) is 19.6.